The van der Waals surface area contributed by atoms with Gasteiger partial charge in [-0.3, -0.25) is 0 Å². The Morgan fingerprint density at radius 1 is 1.45 bits per heavy atom. The van der Waals surface area contributed by atoms with Crippen molar-refractivity contribution >= 4 is 34.9 Å². The molecule has 0 radical (unpaired) electrons. The Hall–Kier alpha value is -1.30. The van der Waals surface area contributed by atoms with Crippen molar-refractivity contribution < 1.29 is 19.5 Å². The second kappa shape index (κ2) is 5.60. The Morgan fingerprint density at radius 3 is 2.55 bits per heavy atom. The molecule has 0 saturated heterocycles. The summed E-state index contributed by atoms with van der Waals surface area (Å²) in [7, 11) is 1.41. The van der Waals surface area contributed by atoms with Crippen molar-refractivity contribution in [2.24, 2.45) is 11.1 Å². The lowest BCUT2D eigenvalue weighted by Gasteiger charge is -2.25. The summed E-state index contributed by atoms with van der Waals surface area (Å²) in [6.45, 7) is 1.61. The van der Waals surface area contributed by atoms with E-state index in [4.69, 9.17) is 32.8 Å². The maximum Gasteiger partial charge on any atom is 0.354 e. The van der Waals surface area contributed by atoms with Gasteiger partial charge < -0.3 is 14.7 Å². The van der Waals surface area contributed by atoms with E-state index in [1.807, 2.05) is 0 Å². The topological polar surface area (TPSA) is 68.1 Å². The Kier molecular flexibility index (Phi) is 4.22. The van der Waals surface area contributed by atoms with Gasteiger partial charge in [0.15, 0.2) is 0 Å². The Morgan fingerprint density at radius 2 is 2.05 bits per heavy atom. The molecule has 108 valence electrons. The summed E-state index contributed by atoms with van der Waals surface area (Å²) in [5.41, 5.74) is -0.415. The van der Waals surface area contributed by atoms with Crippen LogP contribution < -0.4 is 0 Å². The first-order valence-electron chi connectivity index (χ1n) is 5.85. The molecular weight excluding hydrogens is 305 g/mol. The molecule has 20 heavy (non-hydrogen) atoms. The van der Waals surface area contributed by atoms with Crippen LogP contribution >= 0.6 is 23.2 Å². The van der Waals surface area contributed by atoms with Crippen LogP contribution in [0.25, 0.3) is 0 Å². The first-order chi connectivity index (χ1) is 9.40. The molecule has 0 amide bonds. The van der Waals surface area contributed by atoms with E-state index >= 15 is 0 Å². The number of hydrogen-bond donors (Lipinski definition) is 1. The molecule has 7 heteroatoms. The predicted octanol–water partition coefficient (Wildman–Crippen LogP) is 2.83. The third-order valence-electron chi connectivity index (χ3n) is 3.30. The number of carbonyl (C=O) groups is 1. The number of benzene rings is 1. The maximum absolute atomic E-state index is 11.5. The summed E-state index contributed by atoms with van der Waals surface area (Å²) < 4.78 is 4.96. The fourth-order valence-electron chi connectivity index (χ4n) is 2.17. The number of nitrogens with zero attached hydrogens (tertiary/aromatic N) is 1. The summed E-state index contributed by atoms with van der Waals surface area (Å²) in [6.07, 6.45) is 0. The van der Waals surface area contributed by atoms with E-state index in [1.54, 1.807) is 25.1 Å². The van der Waals surface area contributed by atoms with E-state index in [1.165, 1.54) is 7.11 Å². The zero-order valence-electron chi connectivity index (χ0n) is 10.9. The van der Waals surface area contributed by atoms with Crippen molar-refractivity contribution in [1.29, 1.82) is 0 Å². The molecule has 1 aliphatic rings. The summed E-state index contributed by atoms with van der Waals surface area (Å²) in [5.74, 6) is -1.63. The van der Waals surface area contributed by atoms with Crippen LogP contribution in [0.2, 0.25) is 10.0 Å². The smallest absolute Gasteiger partial charge is 0.354 e. The van der Waals surface area contributed by atoms with Crippen LogP contribution in [-0.4, -0.2) is 36.1 Å². The molecule has 1 aromatic carbocycles. The largest absolute Gasteiger partial charge is 0.478 e. The summed E-state index contributed by atoms with van der Waals surface area (Å²) in [5, 5.41) is 14.2. The van der Waals surface area contributed by atoms with Crippen LogP contribution in [0.5, 0.6) is 0 Å². The molecule has 0 fully saturated rings. The normalized spacial score (nSPS) is 25.2. The van der Waals surface area contributed by atoms with E-state index in [-0.39, 0.29) is 6.61 Å². The van der Waals surface area contributed by atoms with Crippen LogP contribution in [0.1, 0.15) is 12.5 Å². The van der Waals surface area contributed by atoms with Gasteiger partial charge in [-0.1, -0.05) is 35.3 Å². The minimum absolute atomic E-state index is 0.106. The molecule has 1 N–H and O–H groups in total. The Balaban J connectivity index is 2.39. The molecule has 2 rings (SSSR count). The van der Waals surface area contributed by atoms with E-state index < -0.39 is 17.5 Å². The molecule has 2 atom stereocenters. The van der Waals surface area contributed by atoms with Gasteiger partial charge >= 0.3 is 5.97 Å². The molecular formula is C13H13Cl2NO4. The molecule has 0 saturated carbocycles. The van der Waals surface area contributed by atoms with Gasteiger partial charge in [0.25, 0.3) is 5.60 Å². The number of carboxylic acids is 1. The highest BCUT2D eigenvalue weighted by Crippen LogP contribution is 2.34. The van der Waals surface area contributed by atoms with Crippen LogP contribution in [0.3, 0.4) is 0 Å². The van der Waals surface area contributed by atoms with Gasteiger partial charge in [-0.15, -0.1) is 0 Å². The van der Waals surface area contributed by atoms with Gasteiger partial charge in [-0.25, -0.2) is 4.79 Å². The number of carboxylic acid groups (broad SMARTS) is 1. The van der Waals surface area contributed by atoms with E-state index in [0.29, 0.717) is 21.3 Å². The van der Waals surface area contributed by atoms with Crippen LogP contribution in [0.15, 0.2) is 23.4 Å². The zero-order valence-corrected chi connectivity index (χ0v) is 12.4. The van der Waals surface area contributed by atoms with E-state index in [2.05, 4.69) is 5.16 Å². The van der Waals surface area contributed by atoms with Gasteiger partial charge in [0.2, 0.25) is 0 Å². The molecule has 1 aliphatic heterocycles. The molecule has 1 aromatic rings. The number of rotatable bonds is 4. The lowest BCUT2D eigenvalue weighted by Crippen LogP contribution is -2.49. The van der Waals surface area contributed by atoms with Crippen LogP contribution in [0.4, 0.5) is 0 Å². The van der Waals surface area contributed by atoms with Gasteiger partial charge in [-0.2, -0.15) is 0 Å². The molecule has 2 unspecified atom stereocenters. The van der Waals surface area contributed by atoms with Crippen molar-refractivity contribution in [3.8, 4) is 0 Å². The van der Waals surface area contributed by atoms with Gasteiger partial charge in [0.1, 0.15) is 6.61 Å². The van der Waals surface area contributed by atoms with E-state index in [9.17, 15) is 9.90 Å². The summed E-state index contributed by atoms with van der Waals surface area (Å²) in [6, 6.07) is 4.92. The maximum atomic E-state index is 11.5. The minimum Gasteiger partial charge on any atom is -0.478 e. The number of ether oxygens (including phenoxy) is 1. The molecule has 0 bridgehead atoms. The second-order valence-electron chi connectivity index (χ2n) is 4.58. The molecule has 1 heterocycles. The fourth-order valence-corrected chi connectivity index (χ4v) is 2.69. The lowest BCUT2D eigenvalue weighted by molar-refractivity contribution is -0.173. The molecule has 0 aromatic heterocycles. The summed E-state index contributed by atoms with van der Waals surface area (Å²) >= 11 is 11.9. The van der Waals surface area contributed by atoms with Crippen molar-refractivity contribution in [3.63, 3.8) is 0 Å². The standard InChI is InChI=1S/C13H13Cl2NO4/c1-7-11(8-3-9(14)5-10(15)4-8)16-20-13(7,6-19-2)12(17)18/h3-5,7H,6H2,1-2H3,(H,17,18). The highest BCUT2D eigenvalue weighted by atomic mass is 35.5. The monoisotopic (exact) mass is 317 g/mol. The minimum atomic E-state index is -1.53. The fraction of sp³-hybridized carbons (Fsp3) is 0.385. The predicted molar refractivity (Wildman–Crippen MR) is 75.5 cm³/mol. The Labute approximate surface area is 126 Å². The number of aliphatic carboxylic acids is 1. The van der Waals surface area contributed by atoms with Crippen LogP contribution in [-0.2, 0) is 14.4 Å². The Bertz CT molecular complexity index is 555. The number of oxime groups is 1. The SMILES string of the molecule is COCC1(C(=O)O)ON=C(c2cc(Cl)cc(Cl)c2)C1C. The highest BCUT2D eigenvalue weighted by molar-refractivity contribution is 6.35. The number of hydrogen-bond acceptors (Lipinski definition) is 4. The van der Waals surface area contributed by atoms with Crippen molar-refractivity contribution in [1.82, 2.24) is 0 Å². The van der Waals surface area contributed by atoms with Crippen molar-refractivity contribution in [2.45, 2.75) is 12.5 Å². The van der Waals surface area contributed by atoms with Crippen molar-refractivity contribution in [2.75, 3.05) is 13.7 Å². The quantitative estimate of drug-likeness (QED) is 0.927. The molecule has 0 spiro atoms. The summed E-state index contributed by atoms with van der Waals surface area (Å²) in [4.78, 5) is 16.7. The lowest BCUT2D eigenvalue weighted by atomic mass is 9.84. The average Bonchev–Trinajstić information content (AvgIpc) is 2.67. The zero-order chi connectivity index (χ0) is 14.9. The molecule has 0 aliphatic carbocycles. The van der Waals surface area contributed by atoms with Gasteiger partial charge in [-0.05, 0) is 18.2 Å². The number of methoxy groups -OCH3 is 1. The average molecular weight is 318 g/mol. The first-order valence-corrected chi connectivity index (χ1v) is 6.61. The highest BCUT2D eigenvalue weighted by Gasteiger charge is 2.53. The third kappa shape index (κ3) is 2.49. The van der Waals surface area contributed by atoms with Gasteiger partial charge in [0.05, 0.1) is 11.6 Å². The number of halogens is 2. The second-order valence-corrected chi connectivity index (χ2v) is 5.45. The van der Waals surface area contributed by atoms with Crippen molar-refractivity contribution in [3.05, 3.63) is 33.8 Å². The molecule has 5 nitrogen and oxygen atoms in total. The van der Waals surface area contributed by atoms with Crippen LogP contribution in [0, 0.1) is 5.92 Å². The van der Waals surface area contributed by atoms with Gasteiger partial charge in [0, 0.05) is 22.7 Å². The third-order valence-corrected chi connectivity index (χ3v) is 3.73. The first kappa shape index (κ1) is 15.1. The van der Waals surface area contributed by atoms with E-state index in [0.717, 1.165) is 0 Å².